The van der Waals surface area contributed by atoms with Crippen LogP contribution in [0.4, 0.5) is 24.5 Å². The van der Waals surface area contributed by atoms with Crippen molar-refractivity contribution in [3.63, 3.8) is 0 Å². The molecule has 0 radical (unpaired) electrons. The Kier molecular flexibility index (Phi) is 6.00. The number of aliphatic imine (C=N–C) groups is 2. The van der Waals surface area contributed by atoms with Crippen LogP contribution in [0, 0.1) is 0 Å². The number of hydrogen-bond donors (Lipinski definition) is 4. The van der Waals surface area contributed by atoms with Crippen LogP contribution in [0.15, 0.2) is 64.6 Å². The molecule has 0 saturated carbocycles. The molecule has 2 aromatic carbocycles. The zero-order valence-electron chi connectivity index (χ0n) is 15.4. The van der Waals surface area contributed by atoms with Gasteiger partial charge in [-0.1, -0.05) is 30.3 Å². The van der Waals surface area contributed by atoms with Gasteiger partial charge in [0.25, 0.3) is 5.91 Å². The number of benzene rings is 2. The van der Waals surface area contributed by atoms with Crippen molar-refractivity contribution in [3.8, 4) is 0 Å². The summed E-state index contributed by atoms with van der Waals surface area (Å²) < 4.78 is 39.1. The molecule has 2 aromatic rings. The van der Waals surface area contributed by atoms with Gasteiger partial charge in [-0.05, 0) is 24.3 Å². The zero-order chi connectivity index (χ0) is 21.7. The van der Waals surface area contributed by atoms with E-state index in [2.05, 4.69) is 25.9 Å². The number of para-hydroxylation sites is 2. The summed E-state index contributed by atoms with van der Waals surface area (Å²) in [5.74, 6) is -1.55. The second-order valence-electron chi connectivity index (χ2n) is 6.24. The highest BCUT2D eigenvalue weighted by molar-refractivity contribution is 6.11. The molecular formula is C19H17F3N6O2. The maximum Gasteiger partial charge on any atom is 0.418 e. The number of carbonyl (C=O) groups is 2. The lowest BCUT2D eigenvalue weighted by atomic mass is 10.1. The minimum absolute atomic E-state index is 0.0375. The fourth-order valence-corrected chi connectivity index (χ4v) is 2.65. The average molecular weight is 418 g/mol. The molecule has 1 atom stereocenters. The summed E-state index contributed by atoms with van der Waals surface area (Å²) in [6.07, 6.45) is -5.08. The lowest BCUT2D eigenvalue weighted by molar-refractivity contribution is -0.137. The first-order valence-electron chi connectivity index (χ1n) is 8.73. The van der Waals surface area contributed by atoms with Crippen LogP contribution < -0.4 is 21.7 Å². The highest BCUT2D eigenvalue weighted by Gasteiger charge is 2.34. The number of alkyl halides is 3. The van der Waals surface area contributed by atoms with Crippen molar-refractivity contribution < 1.29 is 22.8 Å². The highest BCUT2D eigenvalue weighted by atomic mass is 19.4. The average Bonchev–Trinajstić information content (AvgIpc) is 3.00. The van der Waals surface area contributed by atoms with Crippen LogP contribution in [-0.2, 0) is 15.8 Å². The van der Waals surface area contributed by atoms with E-state index in [0.717, 1.165) is 12.1 Å². The van der Waals surface area contributed by atoms with Gasteiger partial charge >= 0.3 is 6.18 Å². The molecule has 1 unspecified atom stereocenters. The number of guanidine groups is 2. The Hall–Kier alpha value is -3.89. The second-order valence-corrected chi connectivity index (χ2v) is 6.24. The Morgan fingerprint density at radius 2 is 1.77 bits per heavy atom. The Morgan fingerprint density at radius 1 is 1.10 bits per heavy atom. The van der Waals surface area contributed by atoms with Gasteiger partial charge < -0.3 is 16.4 Å². The van der Waals surface area contributed by atoms with Crippen molar-refractivity contribution in [3.05, 3.63) is 60.2 Å². The SMILES string of the molecule is N/C(=N\C1=NC(CC(=O)Nc2ccccc2C(F)(F)F)C(=O)N1)Nc1ccccc1. The second kappa shape index (κ2) is 8.64. The van der Waals surface area contributed by atoms with E-state index in [0.29, 0.717) is 5.69 Å². The Morgan fingerprint density at radius 3 is 2.47 bits per heavy atom. The standard InChI is InChI=1S/C19H17F3N6O2/c20-19(21,22)12-8-4-5-9-13(12)25-15(29)10-14-16(30)27-18(26-14)28-17(23)24-11-6-2-1-3-7-11/h1-9,14H,10H2,(H,25,29)(H4,23,24,26,27,28,30). The first-order valence-corrected chi connectivity index (χ1v) is 8.73. The van der Waals surface area contributed by atoms with Gasteiger partial charge in [0.15, 0.2) is 0 Å². The number of anilines is 2. The quantitative estimate of drug-likeness (QED) is 0.450. The van der Waals surface area contributed by atoms with Gasteiger partial charge in [0.2, 0.25) is 17.8 Å². The van der Waals surface area contributed by atoms with Gasteiger partial charge in [0.05, 0.1) is 17.7 Å². The molecule has 0 fully saturated rings. The highest BCUT2D eigenvalue weighted by Crippen LogP contribution is 2.34. The molecule has 1 aliphatic rings. The van der Waals surface area contributed by atoms with Crippen LogP contribution in [0.25, 0.3) is 0 Å². The number of nitrogens with two attached hydrogens (primary N) is 1. The molecule has 156 valence electrons. The normalized spacial score (nSPS) is 16.6. The molecule has 1 aliphatic heterocycles. The molecule has 0 saturated heterocycles. The van der Waals surface area contributed by atoms with Crippen molar-refractivity contribution in [2.45, 2.75) is 18.6 Å². The van der Waals surface area contributed by atoms with Crippen molar-refractivity contribution in [1.29, 1.82) is 0 Å². The Labute approximate surface area is 169 Å². The molecule has 2 amide bonds. The van der Waals surface area contributed by atoms with Crippen LogP contribution in [0.2, 0.25) is 0 Å². The minimum Gasteiger partial charge on any atom is -0.369 e. The van der Waals surface area contributed by atoms with Gasteiger partial charge in [-0.2, -0.15) is 18.2 Å². The number of halogens is 3. The molecule has 30 heavy (non-hydrogen) atoms. The lowest BCUT2D eigenvalue weighted by Gasteiger charge is -2.13. The molecule has 5 N–H and O–H groups in total. The van der Waals surface area contributed by atoms with Gasteiger partial charge in [-0.15, -0.1) is 0 Å². The minimum atomic E-state index is -4.63. The third-order valence-electron chi connectivity index (χ3n) is 3.97. The topological polar surface area (TPSA) is 121 Å². The van der Waals surface area contributed by atoms with E-state index in [9.17, 15) is 22.8 Å². The van der Waals surface area contributed by atoms with E-state index in [-0.39, 0.29) is 11.9 Å². The van der Waals surface area contributed by atoms with Gasteiger partial charge in [0.1, 0.15) is 6.04 Å². The number of amides is 2. The summed E-state index contributed by atoms with van der Waals surface area (Å²) in [6, 6.07) is 12.3. The third kappa shape index (κ3) is 5.34. The molecule has 0 bridgehead atoms. The number of rotatable bonds is 4. The summed E-state index contributed by atoms with van der Waals surface area (Å²) in [4.78, 5) is 32.1. The first kappa shape index (κ1) is 20.8. The first-order chi connectivity index (χ1) is 14.2. The summed E-state index contributed by atoms with van der Waals surface area (Å²) >= 11 is 0. The Balaban J connectivity index is 1.64. The summed E-state index contributed by atoms with van der Waals surface area (Å²) in [6.45, 7) is 0. The van der Waals surface area contributed by atoms with Crippen molar-refractivity contribution in [2.75, 3.05) is 10.6 Å². The maximum absolute atomic E-state index is 13.0. The molecule has 0 spiro atoms. The number of carbonyl (C=O) groups excluding carboxylic acids is 2. The van der Waals surface area contributed by atoms with E-state index in [4.69, 9.17) is 5.73 Å². The van der Waals surface area contributed by atoms with E-state index >= 15 is 0 Å². The monoisotopic (exact) mass is 418 g/mol. The fraction of sp³-hybridized carbons (Fsp3) is 0.158. The molecule has 0 aliphatic carbocycles. The molecule has 11 heteroatoms. The predicted molar refractivity (Wildman–Crippen MR) is 106 cm³/mol. The summed E-state index contributed by atoms with van der Waals surface area (Å²) in [7, 11) is 0. The molecule has 0 aromatic heterocycles. The summed E-state index contributed by atoms with van der Waals surface area (Å²) in [5, 5.41) is 7.34. The maximum atomic E-state index is 13.0. The van der Waals surface area contributed by atoms with E-state index in [1.165, 1.54) is 12.1 Å². The van der Waals surface area contributed by atoms with Gasteiger partial charge in [0, 0.05) is 5.69 Å². The zero-order valence-corrected chi connectivity index (χ0v) is 15.4. The van der Waals surface area contributed by atoms with Crippen LogP contribution in [0.1, 0.15) is 12.0 Å². The van der Waals surface area contributed by atoms with E-state index in [1.807, 2.05) is 6.07 Å². The molecular weight excluding hydrogens is 401 g/mol. The number of nitrogens with one attached hydrogen (secondary N) is 3. The van der Waals surface area contributed by atoms with Crippen LogP contribution in [-0.4, -0.2) is 29.8 Å². The van der Waals surface area contributed by atoms with E-state index < -0.39 is 41.7 Å². The fourth-order valence-electron chi connectivity index (χ4n) is 2.65. The van der Waals surface area contributed by atoms with Crippen molar-refractivity contribution in [1.82, 2.24) is 5.32 Å². The van der Waals surface area contributed by atoms with Crippen molar-refractivity contribution in [2.24, 2.45) is 15.7 Å². The third-order valence-corrected chi connectivity index (χ3v) is 3.97. The number of nitrogens with zero attached hydrogens (tertiary/aromatic N) is 2. The lowest BCUT2D eigenvalue weighted by Crippen LogP contribution is -2.32. The number of hydrogen-bond acceptors (Lipinski definition) is 4. The smallest absolute Gasteiger partial charge is 0.369 e. The van der Waals surface area contributed by atoms with Crippen molar-refractivity contribution >= 4 is 35.1 Å². The van der Waals surface area contributed by atoms with Crippen LogP contribution in [0.5, 0.6) is 0 Å². The van der Waals surface area contributed by atoms with Gasteiger partial charge in [-0.3, -0.25) is 14.9 Å². The molecule has 8 nitrogen and oxygen atoms in total. The molecule has 1 heterocycles. The van der Waals surface area contributed by atoms with Gasteiger partial charge in [-0.25, -0.2) is 4.99 Å². The molecule has 3 rings (SSSR count). The Bertz CT molecular complexity index is 1000. The van der Waals surface area contributed by atoms with Crippen LogP contribution in [0.3, 0.4) is 0 Å². The van der Waals surface area contributed by atoms with E-state index in [1.54, 1.807) is 24.3 Å². The van der Waals surface area contributed by atoms with Crippen LogP contribution >= 0.6 is 0 Å². The predicted octanol–water partition coefficient (Wildman–Crippen LogP) is 2.32. The largest absolute Gasteiger partial charge is 0.418 e. The summed E-state index contributed by atoms with van der Waals surface area (Å²) in [5.41, 5.74) is 5.05.